The van der Waals surface area contributed by atoms with Gasteiger partial charge in [0.2, 0.25) is 5.91 Å². The largest absolute Gasteiger partial charge is 0.472 e. The van der Waals surface area contributed by atoms with Gasteiger partial charge in [-0.15, -0.1) is 0 Å². The summed E-state index contributed by atoms with van der Waals surface area (Å²) in [6.07, 6.45) is 5.22. The first-order valence-corrected chi connectivity index (χ1v) is 8.79. The van der Waals surface area contributed by atoms with Crippen LogP contribution in [0.1, 0.15) is 34.8 Å². The molecule has 0 saturated carbocycles. The first-order valence-electron chi connectivity index (χ1n) is 8.79. The number of nitrogens with two attached hydrogens (primary N) is 1. The third-order valence-electron chi connectivity index (χ3n) is 5.29. The summed E-state index contributed by atoms with van der Waals surface area (Å²) in [6.45, 7) is 2.68. The van der Waals surface area contributed by atoms with Gasteiger partial charge in [0.1, 0.15) is 0 Å². The summed E-state index contributed by atoms with van der Waals surface area (Å²) in [5.74, 6) is -0.569. The first kappa shape index (κ1) is 16.7. The Balaban J connectivity index is 1.61. The summed E-state index contributed by atoms with van der Waals surface area (Å²) in [6, 6.07) is 7.32. The van der Waals surface area contributed by atoms with Gasteiger partial charge >= 0.3 is 0 Å². The molecule has 1 aliphatic heterocycles. The van der Waals surface area contributed by atoms with Gasteiger partial charge in [-0.05, 0) is 31.0 Å². The minimum absolute atomic E-state index is 0.112. The molecular weight excluding hydrogens is 332 g/mol. The second-order valence-corrected chi connectivity index (χ2v) is 6.88. The molecule has 2 aromatic heterocycles. The van der Waals surface area contributed by atoms with Crippen LogP contribution in [0.2, 0.25) is 0 Å². The van der Waals surface area contributed by atoms with Gasteiger partial charge < -0.3 is 10.2 Å². The molecule has 0 unspecified atom stereocenters. The van der Waals surface area contributed by atoms with Crippen LogP contribution in [0.25, 0.3) is 10.9 Å². The van der Waals surface area contributed by atoms with Crippen LogP contribution >= 0.6 is 0 Å². The molecule has 7 nitrogen and oxygen atoms in total. The predicted octanol–water partition coefficient (Wildman–Crippen LogP) is 1.87. The number of primary amides is 1. The van der Waals surface area contributed by atoms with Crippen LogP contribution in [0.15, 0.2) is 46.0 Å². The number of piperidine rings is 1. The van der Waals surface area contributed by atoms with Gasteiger partial charge in [-0.1, -0.05) is 6.07 Å². The van der Waals surface area contributed by atoms with Gasteiger partial charge in [-0.3, -0.25) is 19.2 Å². The zero-order valence-electron chi connectivity index (χ0n) is 14.7. The predicted molar refractivity (Wildman–Crippen MR) is 98.0 cm³/mol. The summed E-state index contributed by atoms with van der Waals surface area (Å²) in [5.41, 5.74) is 7.52. The van der Waals surface area contributed by atoms with E-state index in [1.807, 2.05) is 23.9 Å². The van der Waals surface area contributed by atoms with E-state index in [0.29, 0.717) is 10.9 Å². The highest BCUT2D eigenvalue weighted by Crippen LogP contribution is 2.25. The van der Waals surface area contributed by atoms with Gasteiger partial charge in [-0.2, -0.15) is 0 Å². The van der Waals surface area contributed by atoms with Crippen LogP contribution in [0.3, 0.4) is 0 Å². The summed E-state index contributed by atoms with van der Waals surface area (Å²) in [7, 11) is 1.87. The molecule has 4 rings (SSSR count). The zero-order valence-corrected chi connectivity index (χ0v) is 14.7. The molecule has 1 fully saturated rings. The maximum atomic E-state index is 13.0. The van der Waals surface area contributed by atoms with Crippen molar-refractivity contribution in [1.82, 2.24) is 14.3 Å². The molecule has 1 aromatic carbocycles. The zero-order chi connectivity index (χ0) is 18.3. The molecule has 1 amide bonds. The smallest absolute Gasteiger partial charge is 0.275 e. The molecule has 0 spiro atoms. The van der Waals surface area contributed by atoms with Crippen molar-refractivity contribution < 1.29 is 9.21 Å². The number of hydrogen-bond donors (Lipinski definition) is 1. The van der Waals surface area contributed by atoms with E-state index in [2.05, 4.69) is 4.90 Å². The van der Waals surface area contributed by atoms with E-state index in [-0.39, 0.29) is 11.6 Å². The number of fused-ring (bicyclic) bond motifs is 1. The Morgan fingerprint density at radius 3 is 2.69 bits per heavy atom. The van der Waals surface area contributed by atoms with Crippen LogP contribution in [0, 0.1) is 0 Å². The molecule has 136 valence electrons. The number of furan rings is 1. The molecule has 0 atom stereocenters. The van der Waals surface area contributed by atoms with Gasteiger partial charge in [0.05, 0.1) is 35.0 Å². The van der Waals surface area contributed by atoms with Gasteiger partial charge in [0.15, 0.2) is 0 Å². The molecule has 3 aromatic rings. The quantitative estimate of drug-likeness (QED) is 0.775. The minimum Gasteiger partial charge on any atom is -0.472 e. The number of amides is 1. The van der Waals surface area contributed by atoms with E-state index >= 15 is 0 Å². The van der Waals surface area contributed by atoms with Crippen molar-refractivity contribution in [1.29, 1.82) is 0 Å². The van der Waals surface area contributed by atoms with Gasteiger partial charge in [0.25, 0.3) is 5.56 Å². The highest BCUT2D eigenvalue weighted by molar-refractivity contribution is 6.05. The van der Waals surface area contributed by atoms with Gasteiger partial charge in [0, 0.05) is 32.2 Å². The Kier molecular flexibility index (Phi) is 4.16. The van der Waals surface area contributed by atoms with Crippen LogP contribution in [-0.2, 0) is 13.6 Å². The first-order chi connectivity index (χ1) is 12.6. The summed E-state index contributed by atoms with van der Waals surface area (Å²) in [5, 5.41) is 0.420. The van der Waals surface area contributed by atoms with E-state index in [4.69, 9.17) is 10.2 Å². The van der Waals surface area contributed by atoms with E-state index in [9.17, 15) is 9.59 Å². The number of aromatic nitrogens is 2. The molecule has 7 heteroatoms. The number of benzene rings is 1. The minimum atomic E-state index is -0.569. The number of carbonyl (C=O) groups excluding carboxylic acids is 1. The van der Waals surface area contributed by atoms with Crippen LogP contribution < -0.4 is 11.3 Å². The monoisotopic (exact) mass is 354 g/mol. The molecule has 3 heterocycles. The molecule has 0 bridgehead atoms. The van der Waals surface area contributed by atoms with Crippen molar-refractivity contribution in [3.63, 3.8) is 0 Å². The fourth-order valence-corrected chi connectivity index (χ4v) is 3.98. The lowest BCUT2D eigenvalue weighted by Gasteiger charge is -2.32. The van der Waals surface area contributed by atoms with Gasteiger partial charge in [-0.25, -0.2) is 4.68 Å². The third kappa shape index (κ3) is 2.74. The summed E-state index contributed by atoms with van der Waals surface area (Å²) >= 11 is 0. The van der Waals surface area contributed by atoms with E-state index < -0.39 is 5.91 Å². The van der Waals surface area contributed by atoms with Crippen LogP contribution in [0.4, 0.5) is 0 Å². The van der Waals surface area contributed by atoms with Crippen molar-refractivity contribution in [2.45, 2.75) is 25.4 Å². The number of hydrogen-bond acceptors (Lipinski definition) is 4. The fraction of sp³-hybridized carbons (Fsp3) is 0.368. The maximum Gasteiger partial charge on any atom is 0.275 e. The molecule has 26 heavy (non-hydrogen) atoms. The number of aryl methyl sites for hydroxylation is 1. The second-order valence-electron chi connectivity index (χ2n) is 6.88. The van der Waals surface area contributed by atoms with Crippen molar-refractivity contribution >= 4 is 16.8 Å². The lowest BCUT2D eigenvalue weighted by atomic mass is 10.0. The molecule has 1 aliphatic rings. The number of carbonyl (C=O) groups is 1. The molecule has 2 N–H and O–H groups in total. The summed E-state index contributed by atoms with van der Waals surface area (Å²) < 4.78 is 8.77. The average Bonchev–Trinajstić information content (AvgIpc) is 3.23. The highest BCUT2D eigenvalue weighted by Gasteiger charge is 2.26. The molecule has 0 radical (unpaired) electrons. The Bertz CT molecular complexity index is 992. The fourth-order valence-electron chi connectivity index (χ4n) is 3.98. The lowest BCUT2D eigenvalue weighted by molar-refractivity contribution is 0.100. The lowest BCUT2D eigenvalue weighted by Crippen LogP contribution is -2.38. The Hall–Kier alpha value is -2.80. The Morgan fingerprint density at radius 2 is 2.04 bits per heavy atom. The second kappa shape index (κ2) is 6.49. The van der Waals surface area contributed by atoms with Crippen molar-refractivity contribution in [3.8, 4) is 0 Å². The summed E-state index contributed by atoms with van der Waals surface area (Å²) in [4.78, 5) is 27.1. The third-order valence-corrected chi connectivity index (χ3v) is 5.29. The van der Waals surface area contributed by atoms with Crippen LogP contribution in [0.5, 0.6) is 0 Å². The molecular formula is C19H22N4O3. The standard InChI is InChI=1S/C19H22N4O3/c1-21-16-4-2-3-15(18(20)24)17(16)19(25)23(21)14-5-8-22(9-6-14)11-13-7-10-26-12-13/h2-4,7,10,12,14H,5-6,8-9,11H2,1H3,(H2,20,24). The molecule has 0 aliphatic carbocycles. The van der Waals surface area contributed by atoms with E-state index in [1.165, 1.54) is 0 Å². The molecule has 1 saturated heterocycles. The van der Waals surface area contributed by atoms with E-state index in [0.717, 1.165) is 43.6 Å². The maximum absolute atomic E-state index is 13.0. The van der Waals surface area contributed by atoms with Crippen LogP contribution in [-0.4, -0.2) is 33.3 Å². The number of rotatable bonds is 4. The van der Waals surface area contributed by atoms with E-state index in [1.54, 1.807) is 29.3 Å². The van der Waals surface area contributed by atoms with Crippen molar-refractivity contribution in [3.05, 3.63) is 58.3 Å². The Morgan fingerprint density at radius 1 is 1.27 bits per heavy atom. The van der Waals surface area contributed by atoms with Crippen molar-refractivity contribution in [2.75, 3.05) is 13.1 Å². The number of nitrogens with zero attached hydrogens (tertiary/aromatic N) is 3. The topological polar surface area (TPSA) is 86.4 Å². The highest BCUT2D eigenvalue weighted by atomic mass is 16.3. The van der Waals surface area contributed by atoms with Crippen molar-refractivity contribution in [2.24, 2.45) is 12.8 Å². The Labute approximate surface area is 150 Å². The SMILES string of the molecule is Cn1c2cccc(C(N)=O)c2c(=O)n1C1CCN(Cc2ccoc2)CC1. The average molecular weight is 354 g/mol. The number of likely N-dealkylation sites (tertiary alicyclic amines) is 1. The normalized spacial score (nSPS) is 16.3.